The van der Waals surface area contributed by atoms with E-state index < -0.39 is 41.3 Å². The second kappa shape index (κ2) is 6.15. The van der Waals surface area contributed by atoms with E-state index in [1.807, 2.05) is 27.7 Å². The van der Waals surface area contributed by atoms with Crippen LogP contribution < -0.4 is 5.46 Å². The van der Waals surface area contributed by atoms with E-state index in [1.54, 1.807) is 6.07 Å². The highest BCUT2D eigenvalue weighted by atomic mass is 19.1. The van der Waals surface area contributed by atoms with Crippen molar-refractivity contribution in [3.8, 4) is 17.2 Å². The standard InChI is InChI=1S/C19H17BF3NO2/c1-18(2)19(3,4)26-20(25-18)14-7-8-15(22)16(17(14)23)13-6-5-12(21)9-11(13)10-24/h5-9H,1-4H3. The molecule has 2 aromatic carbocycles. The molecule has 1 aliphatic heterocycles. The van der Waals surface area contributed by atoms with Crippen LogP contribution >= 0.6 is 0 Å². The van der Waals surface area contributed by atoms with E-state index in [0.29, 0.717) is 0 Å². The lowest BCUT2D eigenvalue weighted by atomic mass is 9.77. The van der Waals surface area contributed by atoms with Gasteiger partial charge in [0.1, 0.15) is 17.5 Å². The van der Waals surface area contributed by atoms with Crippen molar-refractivity contribution in [1.29, 1.82) is 5.26 Å². The zero-order chi connectivity index (χ0) is 19.3. The van der Waals surface area contributed by atoms with Crippen molar-refractivity contribution in [2.75, 3.05) is 0 Å². The summed E-state index contributed by atoms with van der Waals surface area (Å²) >= 11 is 0. The Morgan fingerprint density at radius 1 is 0.962 bits per heavy atom. The summed E-state index contributed by atoms with van der Waals surface area (Å²) in [5.74, 6) is -2.41. The van der Waals surface area contributed by atoms with Crippen molar-refractivity contribution in [1.82, 2.24) is 0 Å². The van der Waals surface area contributed by atoms with Gasteiger partial charge in [0.2, 0.25) is 0 Å². The highest BCUT2D eigenvalue weighted by Gasteiger charge is 2.52. The number of nitrogens with zero attached hydrogens (tertiary/aromatic N) is 1. The molecule has 0 atom stereocenters. The molecule has 0 spiro atoms. The lowest BCUT2D eigenvalue weighted by Crippen LogP contribution is -2.41. The Morgan fingerprint density at radius 3 is 2.15 bits per heavy atom. The number of hydrogen-bond acceptors (Lipinski definition) is 3. The molecule has 1 aliphatic rings. The summed E-state index contributed by atoms with van der Waals surface area (Å²) in [5, 5.41) is 9.19. The average Bonchev–Trinajstić information content (AvgIpc) is 2.76. The minimum absolute atomic E-state index is 0.0215. The number of hydrogen-bond donors (Lipinski definition) is 0. The normalized spacial score (nSPS) is 18.0. The van der Waals surface area contributed by atoms with Gasteiger partial charge in [0.05, 0.1) is 28.4 Å². The first-order valence-corrected chi connectivity index (χ1v) is 8.11. The van der Waals surface area contributed by atoms with Crippen LogP contribution in [0.4, 0.5) is 13.2 Å². The van der Waals surface area contributed by atoms with Gasteiger partial charge < -0.3 is 9.31 Å². The molecular weight excluding hydrogens is 342 g/mol. The molecule has 2 aromatic rings. The predicted molar refractivity (Wildman–Crippen MR) is 92.2 cm³/mol. The van der Waals surface area contributed by atoms with Gasteiger partial charge in [-0.05, 0) is 52.0 Å². The zero-order valence-electron chi connectivity index (χ0n) is 14.9. The molecule has 0 N–H and O–H groups in total. The van der Waals surface area contributed by atoms with Crippen molar-refractivity contribution >= 4 is 12.6 Å². The second-order valence-electron chi connectivity index (χ2n) is 7.22. The molecule has 0 aromatic heterocycles. The monoisotopic (exact) mass is 359 g/mol. The topological polar surface area (TPSA) is 42.2 Å². The lowest BCUT2D eigenvalue weighted by molar-refractivity contribution is 0.00578. The smallest absolute Gasteiger partial charge is 0.399 e. The molecule has 1 heterocycles. The van der Waals surface area contributed by atoms with Crippen LogP contribution in [-0.2, 0) is 9.31 Å². The molecule has 0 unspecified atom stereocenters. The van der Waals surface area contributed by atoms with E-state index >= 15 is 4.39 Å². The van der Waals surface area contributed by atoms with Crippen molar-refractivity contribution in [2.45, 2.75) is 38.9 Å². The van der Waals surface area contributed by atoms with Crippen LogP contribution in [0.1, 0.15) is 33.3 Å². The molecule has 134 valence electrons. The first-order valence-electron chi connectivity index (χ1n) is 8.11. The van der Waals surface area contributed by atoms with Gasteiger partial charge in [0, 0.05) is 11.0 Å². The fraction of sp³-hybridized carbons (Fsp3) is 0.316. The first kappa shape index (κ1) is 18.5. The lowest BCUT2D eigenvalue weighted by Gasteiger charge is -2.32. The van der Waals surface area contributed by atoms with Crippen LogP contribution in [0.2, 0.25) is 0 Å². The fourth-order valence-corrected chi connectivity index (χ4v) is 2.79. The Bertz CT molecular complexity index is 906. The number of nitriles is 1. The molecular formula is C19H17BF3NO2. The molecule has 0 bridgehead atoms. The fourth-order valence-electron chi connectivity index (χ4n) is 2.79. The summed E-state index contributed by atoms with van der Waals surface area (Å²) in [6.07, 6.45) is 0. The van der Waals surface area contributed by atoms with Crippen LogP contribution in [0.3, 0.4) is 0 Å². The average molecular weight is 359 g/mol. The minimum Gasteiger partial charge on any atom is -0.399 e. The third-order valence-corrected chi connectivity index (χ3v) is 5.00. The van der Waals surface area contributed by atoms with Crippen LogP contribution in [0, 0.1) is 28.8 Å². The van der Waals surface area contributed by atoms with E-state index in [-0.39, 0.29) is 16.6 Å². The zero-order valence-corrected chi connectivity index (χ0v) is 14.9. The van der Waals surface area contributed by atoms with E-state index in [4.69, 9.17) is 9.31 Å². The molecule has 1 saturated heterocycles. The van der Waals surface area contributed by atoms with Gasteiger partial charge in [-0.15, -0.1) is 0 Å². The minimum atomic E-state index is -1.02. The van der Waals surface area contributed by atoms with Gasteiger partial charge in [-0.3, -0.25) is 0 Å². The van der Waals surface area contributed by atoms with Crippen LogP contribution in [-0.4, -0.2) is 18.3 Å². The maximum absolute atomic E-state index is 15.2. The quantitative estimate of drug-likeness (QED) is 0.763. The molecule has 0 aliphatic carbocycles. The van der Waals surface area contributed by atoms with Gasteiger partial charge in [-0.2, -0.15) is 5.26 Å². The molecule has 26 heavy (non-hydrogen) atoms. The third kappa shape index (κ3) is 2.89. The van der Waals surface area contributed by atoms with E-state index in [1.165, 1.54) is 12.1 Å². The van der Waals surface area contributed by atoms with Crippen LogP contribution in [0.25, 0.3) is 11.1 Å². The van der Waals surface area contributed by atoms with Gasteiger partial charge >= 0.3 is 7.12 Å². The second-order valence-corrected chi connectivity index (χ2v) is 7.22. The molecule has 0 saturated carbocycles. The third-order valence-electron chi connectivity index (χ3n) is 5.00. The summed E-state index contributed by atoms with van der Waals surface area (Å²) in [7, 11) is -1.02. The SMILES string of the molecule is CC1(C)OB(c2ccc(F)c(-c3ccc(F)cc3C#N)c2F)OC1(C)C. The maximum Gasteiger partial charge on any atom is 0.497 e. The summed E-state index contributed by atoms with van der Waals surface area (Å²) in [6, 6.07) is 7.29. The number of rotatable bonds is 2. The maximum atomic E-state index is 15.2. The summed E-state index contributed by atoms with van der Waals surface area (Å²) < 4.78 is 54.6. The van der Waals surface area contributed by atoms with Crippen molar-refractivity contribution in [3.05, 3.63) is 53.3 Å². The van der Waals surface area contributed by atoms with Crippen molar-refractivity contribution in [2.24, 2.45) is 0 Å². The van der Waals surface area contributed by atoms with Crippen LogP contribution in [0.15, 0.2) is 30.3 Å². The Labute approximate surface area is 150 Å². The van der Waals surface area contributed by atoms with Crippen LogP contribution in [0.5, 0.6) is 0 Å². The van der Waals surface area contributed by atoms with Crippen molar-refractivity contribution < 1.29 is 22.5 Å². The molecule has 3 nitrogen and oxygen atoms in total. The molecule has 0 amide bonds. The number of halogens is 3. The van der Waals surface area contributed by atoms with Gasteiger partial charge in [-0.1, -0.05) is 6.07 Å². The highest BCUT2D eigenvalue weighted by Crippen LogP contribution is 2.37. The molecule has 1 fully saturated rings. The Kier molecular flexibility index (Phi) is 4.37. The predicted octanol–water partition coefficient (Wildman–Crippen LogP) is 3.94. The molecule has 7 heteroatoms. The largest absolute Gasteiger partial charge is 0.497 e. The van der Waals surface area contributed by atoms with Gasteiger partial charge in [-0.25, -0.2) is 13.2 Å². The van der Waals surface area contributed by atoms with Gasteiger partial charge in [0.15, 0.2) is 0 Å². The number of benzene rings is 2. The Morgan fingerprint density at radius 2 is 1.58 bits per heavy atom. The highest BCUT2D eigenvalue weighted by molar-refractivity contribution is 6.62. The summed E-state index contributed by atoms with van der Waals surface area (Å²) in [5.41, 5.74) is -1.95. The summed E-state index contributed by atoms with van der Waals surface area (Å²) in [6.45, 7) is 7.29. The van der Waals surface area contributed by atoms with E-state index in [0.717, 1.165) is 18.2 Å². The molecule has 3 rings (SSSR count). The van der Waals surface area contributed by atoms with Crippen molar-refractivity contribution in [3.63, 3.8) is 0 Å². The van der Waals surface area contributed by atoms with E-state index in [2.05, 4.69) is 0 Å². The Balaban J connectivity index is 2.14. The Hall–Kier alpha value is -2.30. The van der Waals surface area contributed by atoms with Gasteiger partial charge in [0.25, 0.3) is 0 Å². The molecule has 0 radical (unpaired) electrons. The van der Waals surface area contributed by atoms with E-state index in [9.17, 15) is 14.0 Å². The summed E-state index contributed by atoms with van der Waals surface area (Å²) in [4.78, 5) is 0. The first-order chi connectivity index (χ1) is 12.1.